The molecule has 2 unspecified atom stereocenters. The van der Waals surface area contributed by atoms with Gasteiger partial charge in [-0.2, -0.15) is 0 Å². The molecule has 2 atom stereocenters. The van der Waals surface area contributed by atoms with Crippen LogP contribution in [0.15, 0.2) is 48.7 Å². The summed E-state index contributed by atoms with van der Waals surface area (Å²) in [6, 6.07) is 14.5. The lowest BCUT2D eigenvalue weighted by Crippen LogP contribution is -2.38. The molecule has 1 aliphatic heterocycles. The Labute approximate surface area is 225 Å². The Kier molecular flexibility index (Phi) is 6.95. The predicted molar refractivity (Wildman–Crippen MR) is 152 cm³/mol. The minimum absolute atomic E-state index is 0.0181. The van der Waals surface area contributed by atoms with Crippen LogP contribution in [-0.4, -0.2) is 29.3 Å². The second-order valence-electron chi connectivity index (χ2n) is 10.8. The van der Waals surface area contributed by atoms with Gasteiger partial charge in [-0.3, -0.25) is 9.36 Å². The van der Waals surface area contributed by atoms with Crippen molar-refractivity contribution in [1.29, 1.82) is 0 Å². The van der Waals surface area contributed by atoms with Gasteiger partial charge < -0.3 is 14.2 Å². The van der Waals surface area contributed by atoms with E-state index in [4.69, 9.17) is 14.2 Å². The topological polar surface area (TPSA) is 49.7 Å². The van der Waals surface area contributed by atoms with Gasteiger partial charge >= 0.3 is 0 Å². The SMILES string of the molecule is CC(=O)n1cc2c3c(cccc31)OC(CCOc1c(C)cc(C)cc1C)C(Oc1c(C)cc(C)cc1C)C2. The first-order chi connectivity index (χ1) is 18.1. The summed E-state index contributed by atoms with van der Waals surface area (Å²) in [6.07, 6.45) is 2.76. The second kappa shape index (κ2) is 10.2. The summed E-state index contributed by atoms with van der Waals surface area (Å²) in [4.78, 5) is 12.4. The maximum atomic E-state index is 12.4. The standard InChI is InChI=1S/C33H37NO4/c1-19-13-21(3)32(22(4)14-19)36-12-11-28-30(38-33-23(5)15-20(2)16-24(33)6)17-26-18-34(25(7)35)27-9-8-10-29(37-28)31(26)27/h8-10,13-16,18,28,30H,11-12,17H2,1-7H3. The van der Waals surface area contributed by atoms with Gasteiger partial charge in [0, 0.05) is 31.3 Å². The minimum Gasteiger partial charge on any atom is -0.493 e. The smallest absolute Gasteiger partial charge is 0.227 e. The maximum Gasteiger partial charge on any atom is 0.227 e. The normalized spacial score (nSPS) is 16.7. The number of ether oxygens (including phenoxy) is 3. The summed E-state index contributed by atoms with van der Waals surface area (Å²) < 4.78 is 21.5. The third kappa shape index (κ3) is 4.90. The van der Waals surface area contributed by atoms with E-state index in [9.17, 15) is 4.79 Å². The summed E-state index contributed by atoms with van der Waals surface area (Å²) in [7, 11) is 0. The molecule has 0 aliphatic carbocycles. The molecule has 0 radical (unpaired) electrons. The fourth-order valence-electron chi connectivity index (χ4n) is 5.97. The second-order valence-corrected chi connectivity index (χ2v) is 10.8. The molecule has 3 aromatic carbocycles. The van der Waals surface area contributed by atoms with E-state index in [-0.39, 0.29) is 18.1 Å². The first-order valence-corrected chi connectivity index (χ1v) is 13.4. The number of aryl methyl sites for hydroxylation is 6. The molecule has 38 heavy (non-hydrogen) atoms. The van der Waals surface area contributed by atoms with Gasteiger partial charge in [0.05, 0.1) is 12.1 Å². The van der Waals surface area contributed by atoms with E-state index in [0.717, 1.165) is 56.0 Å². The average molecular weight is 512 g/mol. The average Bonchev–Trinajstić information content (AvgIpc) is 3.13. The van der Waals surface area contributed by atoms with E-state index in [1.807, 2.05) is 24.4 Å². The van der Waals surface area contributed by atoms with E-state index in [1.54, 1.807) is 11.5 Å². The van der Waals surface area contributed by atoms with Gasteiger partial charge in [0.2, 0.25) is 5.91 Å². The fraction of sp³-hybridized carbons (Fsp3) is 0.364. The van der Waals surface area contributed by atoms with Crippen LogP contribution in [0.5, 0.6) is 17.2 Å². The molecule has 0 saturated heterocycles. The van der Waals surface area contributed by atoms with Crippen molar-refractivity contribution in [3.05, 3.63) is 87.6 Å². The Morgan fingerprint density at radius 2 is 1.53 bits per heavy atom. The Hall–Kier alpha value is -3.73. The van der Waals surface area contributed by atoms with E-state index in [1.165, 1.54) is 11.1 Å². The highest BCUT2D eigenvalue weighted by atomic mass is 16.5. The predicted octanol–water partition coefficient (Wildman–Crippen LogP) is 7.37. The lowest BCUT2D eigenvalue weighted by atomic mass is 10.0. The van der Waals surface area contributed by atoms with E-state index >= 15 is 0 Å². The van der Waals surface area contributed by atoms with Crippen molar-refractivity contribution in [2.24, 2.45) is 0 Å². The summed E-state index contributed by atoms with van der Waals surface area (Å²) in [5.41, 5.74) is 8.88. The van der Waals surface area contributed by atoms with Crippen molar-refractivity contribution >= 4 is 16.8 Å². The molecule has 198 valence electrons. The quantitative estimate of drug-likeness (QED) is 0.271. The number of hydrogen-bond donors (Lipinski definition) is 0. The third-order valence-electron chi connectivity index (χ3n) is 7.45. The molecular weight excluding hydrogens is 474 g/mol. The lowest BCUT2D eigenvalue weighted by molar-refractivity contribution is 0.0426. The van der Waals surface area contributed by atoms with Crippen molar-refractivity contribution in [2.75, 3.05) is 6.61 Å². The van der Waals surface area contributed by atoms with Crippen molar-refractivity contribution in [2.45, 2.75) is 73.5 Å². The van der Waals surface area contributed by atoms with Crippen molar-refractivity contribution < 1.29 is 19.0 Å². The minimum atomic E-state index is -0.252. The molecule has 0 saturated carbocycles. The highest BCUT2D eigenvalue weighted by Gasteiger charge is 2.33. The molecule has 5 nitrogen and oxygen atoms in total. The largest absolute Gasteiger partial charge is 0.493 e. The molecule has 0 bridgehead atoms. The Bertz CT molecular complexity index is 1480. The van der Waals surface area contributed by atoms with Gasteiger partial charge in [-0.1, -0.05) is 41.5 Å². The van der Waals surface area contributed by atoms with Crippen LogP contribution in [0, 0.1) is 41.5 Å². The molecule has 5 rings (SSSR count). The van der Waals surface area contributed by atoms with Crippen molar-refractivity contribution in [3.8, 4) is 17.2 Å². The van der Waals surface area contributed by atoms with Gasteiger partial charge in [-0.15, -0.1) is 0 Å². The van der Waals surface area contributed by atoms with Gasteiger partial charge in [0.15, 0.2) is 0 Å². The number of rotatable bonds is 6. The van der Waals surface area contributed by atoms with E-state index < -0.39 is 0 Å². The summed E-state index contributed by atoms with van der Waals surface area (Å²) >= 11 is 0. The van der Waals surface area contributed by atoms with E-state index in [2.05, 4.69) is 65.8 Å². The number of aromatic nitrogens is 1. The number of benzene rings is 3. The van der Waals surface area contributed by atoms with Gasteiger partial charge in [0.25, 0.3) is 0 Å². The Morgan fingerprint density at radius 1 is 0.921 bits per heavy atom. The van der Waals surface area contributed by atoms with Crippen LogP contribution in [-0.2, 0) is 6.42 Å². The summed E-state index contributed by atoms with van der Waals surface area (Å²) in [5.74, 6) is 2.60. The van der Waals surface area contributed by atoms with Crippen LogP contribution < -0.4 is 14.2 Å². The molecule has 0 N–H and O–H groups in total. The zero-order valence-corrected chi connectivity index (χ0v) is 23.5. The fourth-order valence-corrected chi connectivity index (χ4v) is 5.97. The van der Waals surface area contributed by atoms with Crippen LogP contribution in [0.25, 0.3) is 10.9 Å². The van der Waals surface area contributed by atoms with Crippen LogP contribution >= 0.6 is 0 Å². The van der Waals surface area contributed by atoms with Gasteiger partial charge in [-0.25, -0.2) is 0 Å². The molecule has 0 spiro atoms. The highest BCUT2D eigenvalue weighted by molar-refractivity contribution is 5.97. The monoisotopic (exact) mass is 511 g/mol. The molecule has 1 aromatic heterocycles. The number of hydrogen-bond acceptors (Lipinski definition) is 4. The number of carbonyl (C=O) groups excluding carboxylic acids is 1. The lowest BCUT2D eigenvalue weighted by Gasteiger charge is -2.28. The Morgan fingerprint density at radius 3 is 2.13 bits per heavy atom. The van der Waals surface area contributed by atoms with Gasteiger partial charge in [0.1, 0.15) is 29.5 Å². The first-order valence-electron chi connectivity index (χ1n) is 13.4. The van der Waals surface area contributed by atoms with Crippen molar-refractivity contribution in [3.63, 3.8) is 0 Å². The maximum absolute atomic E-state index is 12.4. The summed E-state index contributed by atoms with van der Waals surface area (Å²) in [6.45, 7) is 14.7. The van der Waals surface area contributed by atoms with Crippen LogP contribution in [0.3, 0.4) is 0 Å². The van der Waals surface area contributed by atoms with Crippen LogP contribution in [0.2, 0.25) is 0 Å². The molecule has 5 heteroatoms. The highest BCUT2D eigenvalue weighted by Crippen LogP contribution is 2.38. The first kappa shape index (κ1) is 25.9. The zero-order valence-electron chi connectivity index (χ0n) is 23.5. The van der Waals surface area contributed by atoms with Crippen LogP contribution in [0.4, 0.5) is 0 Å². The third-order valence-corrected chi connectivity index (χ3v) is 7.45. The molecule has 0 amide bonds. The molecule has 4 aromatic rings. The van der Waals surface area contributed by atoms with Crippen LogP contribution in [0.1, 0.15) is 57.1 Å². The Balaban J connectivity index is 1.49. The number of nitrogens with zero attached hydrogens (tertiary/aromatic N) is 1. The van der Waals surface area contributed by atoms with E-state index in [0.29, 0.717) is 19.4 Å². The van der Waals surface area contributed by atoms with Crippen molar-refractivity contribution in [1.82, 2.24) is 4.57 Å². The zero-order chi connectivity index (χ0) is 27.1. The molecule has 1 aliphatic rings. The molecular formula is C33H37NO4. The molecule has 2 heterocycles. The number of carbonyl (C=O) groups is 1. The summed E-state index contributed by atoms with van der Waals surface area (Å²) in [5, 5.41) is 0.988. The van der Waals surface area contributed by atoms with Gasteiger partial charge in [-0.05, 0) is 81.5 Å². The molecule has 0 fully saturated rings.